The van der Waals surface area contributed by atoms with E-state index in [1.54, 1.807) is 12.5 Å². The first kappa shape index (κ1) is 12.1. The van der Waals surface area contributed by atoms with E-state index in [-0.39, 0.29) is 12.4 Å². The van der Waals surface area contributed by atoms with Gasteiger partial charge in [0.1, 0.15) is 0 Å². The topological polar surface area (TPSA) is 55.1 Å². The number of carbonyl (C=O) groups excluding carboxylic acids is 1. The second-order valence-corrected chi connectivity index (χ2v) is 5.16. The molecule has 0 bridgehead atoms. The number of rotatable bonds is 3. The van der Waals surface area contributed by atoms with Gasteiger partial charge in [0.25, 0.3) is 0 Å². The lowest BCUT2D eigenvalue weighted by molar-refractivity contribution is 0.0529. The fourth-order valence-corrected chi connectivity index (χ4v) is 2.81. The number of carbonyl (C=O) groups is 1. The number of hydrogen-bond donors (Lipinski definition) is 1. The summed E-state index contributed by atoms with van der Waals surface area (Å²) in [5.74, 6) is 0.0468. The predicted octanol–water partition coefficient (Wildman–Crippen LogP) is 1.69. The highest BCUT2D eigenvalue weighted by molar-refractivity contribution is 6.02. The minimum Gasteiger partial charge on any atom is -0.395 e. The third-order valence-electron chi connectivity index (χ3n) is 3.96. The van der Waals surface area contributed by atoms with Crippen LogP contribution in [0, 0.1) is 5.41 Å². The van der Waals surface area contributed by atoms with Crippen LogP contribution < -0.4 is 0 Å². The van der Waals surface area contributed by atoms with E-state index in [0.717, 1.165) is 17.5 Å². The van der Waals surface area contributed by atoms with Gasteiger partial charge in [-0.2, -0.15) is 0 Å². The van der Waals surface area contributed by atoms with E-state index in [9.17, 15) is 9.90 Å². The van der Waals surface area contributed by atoms with Crippen LogP contribution in [0.25, 0.3) is 0 Å². The Morgan fingerprint density at radius 2 is 2.21 bits per heavy atom. The largest absolute Gasteiger partial charge is 0.395 e. The molecular formula is C15H16N2O2. The molecule has 1 aliphatic carbocycles. The Labute approximate surface area is 111 Å². The lowest BCUT2D eigenvalue weighted by Gasteiger charge is -2.35. The Bertz CT molecular complexity index is 592. The van der Waals surface area contributed by atoms with E-state index >= 15 is 0 Å². The molecule has 4 heteroatoms. The maximum absolute atomic E-state index is 12.7. The van der Waals surface area contributed by atoms with Gasteiger partial charge in [-0.05, 0) is 18.4 Å². The molecule has 0 fully saturated rings. The van der Waals surface area contributed by atoms with Gasteiger partial charge in [-0.1, -0.05) is 24.3 Å². The Hall–Kier alpha value is -1.94. The molecule has 1 aliphatic rings. The maximum atomic E-state index is 12.7. The maximum Gasteiger partial charge on any atom is 0.173 e. The molecule has 0 saturated carbocycles. The highest BCUT2D eigenvalue weighted by Crippen LogP contribution is 2.36. The molecule has 4 nitrogen and oxygen atoms in total. The molecule has 1 N–H and O–H groups in total. The first-order valence-electron chi connectivity index (χ1n) is 6.44. The zero-order valence-corrected chi connectivity index (χ0v) is 10.6. The van der Waals surface area contributed by atoms with Crippen molar-refractivity contribution in [1.82, 2.24) is 9.55 Å². The molecule has 3 rings (SSSR count). The molecule has 0 radical (unpaired) electrons. The van der Waals surface area contributed by atoms with Gasteiger partial charge in [0, 0.05) is 24.5 Å². The summed E-state index contributed by atoms with van der Waals surface area (Å²) in [5, 5.41) is 9.78. The second kappa shape index (κ2) is 4.63. The van der Waals surface area contributed by atoms with Crippen LogP contribution in [0.5, 0.6) is 0 Å². The molecule has 1 aromatic heterocycles. The highest BCUT2D eigenvalue weighted by Gasteiger charge is 2.42. The molecule has 1 unspecified atom stereocenters. The Morgan fingerprint density at radius 1 is 1.37 bits per heavy atom. The van der Waals surface area contributed by atoms with E-state index in [4.69, 9.17) is 0 Å². The number of aromatic nitrogens is 2. The number of ketones is 1. The second-order valence-electron chi connectivity index (χ2n) is 5.16. The monoisotopic (exact) mass is 256 g/mol. The average molecular weight is 256 g/mol. The zero-order valence-electron chi connectivity index (χ0n) is 10.6. The standard InChI is InChI=1S/C15H16N2O2/c18-10-15(9-17-8-7-16-11-17)6-5-12-3-1-2-4-13(12)14(15)19/h1-4,7-8,11,18H,5-6,9-10H2. The minimum absolute atomic E-state index is 0.0468. The van der Waals surface area contributed by atoms with E-state index in [2.05, 4.69) is 4.98 Å². The quantitative estimate of drug-likeness (QED) is 0.909. The van der Waals surface area contributed by atoms with Gasteiger partial charge < -0.3 is 9.67 Å². The van der Waals surface area contributed by atoms with Crippen LogP contribution >= 0.6 is 0 Å². The van der Waals surface area contributed by atoms with Crippen LogP contribution in [-0.4, -0.2) is 27.0 Å². The Balaban J connectivity index is 1.97. The summed E-state index contributed by atoms with van der Waals surface area (Å²) in [6, 6.07) is 7.68. The number of hydrogen-bond acceptors (Lipinski definition) is 3. The summed E-state index contributed by atoms with van der Waals surface area (Å²) in [6.07, 6.45) is 6.71. The van der Waals surface area contributed by atoms with Crippen molar-refractivity contribution in [2.75, 3.05) is 6.61 Å². The molecule has 1 atom stereocenters. The molecule has 1 aromatic carbocycles. The van der Waals surface area contributed by atoms with Crippen LogP contribution in [0.3, 0.4) is 0 Å². The van der Waals surface area contributed by atoms with E-state index < -0.39 is 5.41 Å². The van der Waals surface area contributed by atoms with Crippen molar-refractivity contribution in [3.05, 3.63) is 54.1 Å². The lowest BCUT2D eigenvalue weighted by atomic mass is 9.71. The lowest BCUT2D eigenvalue weighted by Crippen LogP contribution is -2.42. The van der Waals surface area contributed by atoms with Crippen molar-refractivity contribution in [2.24, 2.45) is 5.41 Å². The smallest absolute Gasteiger partial charge is 0.173 e. The summed E-state index contributed by atoms with van der Waals surface area (Å²) >= 11 is 0. The number of nitrogens with zero attached hydrogens (tertiary/aromatic N) is 2. The van der Waals surface area contributed by atoms with Gasteiger partial charge in [0.05, 0.1) is 18.3 Å². The predicted molar refractivity (Wildman–Crippen MR) is 70.8 cm³/mol. The molecule has 1 heterocycles. The number of aryl methyl sites for hydroxylation is 1. The van der Waals surface area contributed by atoms with Crippen molar-refractivity contribution < 1.29 is 9.90 Å². The van der Waals surface area contributed by atoms with Gasteiger partial charge in [0.2, 0.25) is 0 Å². The van der Waals surface area contributed by atoms with E-state index in [1.807, 2.05) is 35.0 Å². The summed E-state index contributed by atoms with van der Waals surface area (Å²) in [7, 11) is 0. The molecule has 0 amide bonds. The fourth-order valence-electron chi connectivity index (χ4n) is 2.81. The van der Waals surface area contributed by atoms with Crippen molar-refractivity contribution in [2.45, 2.75) is 19.4 Å². The molecule has 98 valence electrons. The normalized spacial score (nSPS) is 22.3. The highest BCUT2D eigenvalue weighted by atomic mass is 16.3. The van der Waals surface area contributed by atoms with Crippen molar-refractivity contribution >= 4 is 5.78 Å². The average Bonchev–Trinajstić information content (AvgIpc) is 2.95. The number of aliphatic hydroxyl groups is 1. The molecule has 19 heavy (non-hydrogen) atoms. The Morgan fingerprint density at radius 3 is 2.95 bits per heavy atom. The molecule has 0 aliphatic heterocycles. The Kier molecular flexibility index (Phi) is 2.95. The zero-order chi connectivity index (χ0) is 13.3. The summed E-state index contributed by atoms with van der Waals surface area (Å²) in [6.45, 7) is 0.356. The van der Waals surface area contributed by atoms with E-state index in [1.165, 1.54) is 0 Å². The van der Waals surface area contributed by atoms with Crippen LogP contribution in [0.2, 0.25) is 0 Å². The third kappa shape index (κ3) is 1.98. The van der Waals surface area contributed by atoms with Crippen LogP contribution in [-0.2, 0) is 13.0 Å². The van der Waals surface area contributed by atoms with E-state index in [0.29, 0.717) is 13.0 Å². The van der Waals surface area contributed by atoms with Crippen molar-refractivity contribution in [3.8, 4) is 0 Å². The summed E-state index contributed by atoms with van der Waals surface area (Å²) in [4.78, 5) is 16.7. The first-order chi connectivity index (χ1) is 9.25. The van der Waals surface area contributed by atoms with Gasteiger partial charge in [-0.3, -0.25) is 4.79 Å². The first-order valence-corrected chi connectivity index (χ1v) is 6.44. The van der Waals surface area contributed by atoms with Crippen molar-refractivity contribution in [3.63, 3.8) is 0 Å². The van der Waals surface area contributed by atoms with Gasteiger partial charge in [-0.25, -0.2) is 4.98 Å². The van der Waals surface area contributed by atoms with Crippen LogP contribution in [0.15, 0.2) is 43.0 Å². The summed E-state index contributed by atoms with van der Waals surface area (Å²) < 4.78 is 1.86. The van der Waals surface area contributed by atoms with Gasteiger partial charge in [-0.15, -0.1) is 0 Å². The van der Waals surface area contributed by atoms with Crippen LogP contribution in [0.4, 0.5) is 0 Å². The number of Topliss-reactive ketones (excluding diaryl/α,β-unsaturated/α-hetero) is 1. The van der Waals surface area contributed by atoms with Gasteiger partial charge >= 0.3 is 0 Å². The third-order valence-corrected chi connectivity index (χ3v) is 3.96. The summed E-state index contributed by atoms with van der Waals surface area (Å²) in [5.41, 5.74) is 1.12. The van der Waals surface area contributed by atoms with Gasteiger partial charge in [0.15, 0.2) is 5.78 Å². The molecular weight excluding hydrogens is 240 g/mol. The van der Waals surface area contributed by atoms with Crippen molar-refractivity contribution in [1.29, 1.82) is 0 Å². The minimum atomic E-state index is -0.713. The molecule has 0 saturated heterocycles. The number of aliphatic hydroxyl groups excluding tert-OH is 1. The molecule has 2 aromatic rings. The number of imidazole rings is 1. The number of fused-ring (bicyclic) bond motifs is 1. The molecule has 0 spiro atoms. The number of benzene rings is 1. The SMILES string of the molecule is O=C1c2ccccc2CCC1(CO)Cn1ccnc1. The fraction of sp³-hybridized carbons (Fsp3) is 0.333. The van der Waals surface area contributed by atoms with Crippen LogP contribution in [0.1, 0.15) is 22.3 Å².